The van der Waals surface area contributed by atoms with Crippen LogP contribution in [-0.2, 0) is 20.2 Å². The number of rotatable bonds is 10. The van der Waals surface area contributed by atoms with Crippen LogP contribution < -0.4 is 21.1 Å². The number of nitrogen functional groups attached to an aromatic ring is 1. The Morgan fingerprint density at radius 2 is 1.39 bits per heavy atom. The molecule has 1 aromatic carbocycles. The van der Waals surface area contributed by atoms with Crippen molar-refractivity contribution in [2.24, 2.45) is 0 Å². The van der Waals surface area contributed by atoms with E-state index in [-0.39, 0.29) is 11.4 Å². The fraction of sp³-hybridized carbons (Fsp3) is 0.278. The SMILES string of the molecule is COc1cc(-c2cc(C(=O)NCCS(=O)(=O)O)nc(C(=O)NCCS(=O)(=O)O)c2)ccc1N. The molecule has 0 aliphatic carbocycles. The summed E-state index contributed by atoms with van der Waals surface area (Å²) < 4.78 is 66.1. The molecule has 0 atom stereocenters. The second kappa shape index (κ2) is 10.6. The van der Waals surface area contributed by atoms with Crippen LogP contribution in [0, 0.1) is 0 Å². The zero-order valence-corrected chi connectivity index (χ0v) is 18.9. The van der Waals surface area contributed by atoms with Gasteiger partial charge in [-0.2, -0.15) is 16.8 Å². The number of pyridine rings is 1. The van der Waals surface area contributed by atoms with Crippen LogP contribution in [0.25, 0.3) is 11.1 Å². The van der Waals surface area contributed by atoms with E-state index in [4.69, 9.17) is 19.6 Å². The Bertz CT molecular complexity index is 1190. The first-order valence-corrected chi connectivity index (χ1v) is 12.4. The lowest BCUT2D eigenvalue weighted by atomic mass is 10.0. The number of nitrogens with one attached hydrogen (secondary N) is 2. The first kappa shape index (κ1) is 26.0. The van der Waals surface area contributed by atoms with Crippen LogP contribution in [0.3, 0.4) is 0 Å². The number of hydrogen-bond donors (Lipinski definition) is 5. The molecule has 33 heavy (non-hydrogen) atoms. The van der Waals surface area contributed by atoms with Gasteiger partial charge < -0.3 is 21.1 Å². The lowest BCUT2D eigenvalue weighted by Crippen LogP contribution is -2.32. The average molecular weight is 503 g/mol. The third-order valence-corrected chi connectivity index (χ3v) is 5.59. The molecule has 2 amide bonds. The first-order valence-electron chi connectivity index (χ1n) is 9.22. The molecule has 0 radical (unpaired) electrons. The van der Waals surface area contributed by atoms with Gasteiger partial charge in [0.25, 0.3) is 32.1 Å². The predicted molar refractivity (Wildman–Crippen MR) is 118 cm³/mol. The van der Waals surface area contributed by atoms with Crippen molar-refractivity contribution in [3.63, 3.8) is 0 Å². The van der Waals surface area contributed by atoms with Gasteiger partial charge in [0.05, 0.1) is 24.3 Å². The van der Waals surface area contributed by atoms with Gasteiger partial charge in [0, 0.05) is 13.1 Å². The van der Waals surface area contributed by atoms with Crippen molar-refractivity contribution in [3.8, 4) is 16.9 Å². The first-order chi connectivity index (χ1) is 15.3. The number of hydrogen-bond acceptors (Lipinski definition) is 9. The molecule has 15 heteroatoms. The Kier molecular flexibility index (Phi) is 8.32. The van der Waals surface area contributed by atoms with E-state index >= 15 is 0 Å². The van der Waals surface area contributed by atoms with Crippen LogP contribution in [0.1, 0.15) is 21.0 Å². The van der Waals surface area contributed by atoms with Gasteiger partial charge >= 0.3 is 0 Å². The zero-order chi connectivity index (χ0) is 24.8. The zero-order valence-electron chi connectivity index (χ0n) is 17.3. The summed E-state index contributed by atoms with van der Waals surface area (Å²) in [6.07, 6.45) is 0. The second-order valence-corrected chi connectivity index (χ2v) is 9.81. The molecule has 0 saturated carbocycles. The van der Waals surface area contributed by atoms with Gasteiger partial charge in [-0.05, 0) is 35.4 Å². The predicted octanol–water partition coefficient (Wildman–Crippen LogP) is -0.425. The number of ether oxygens (including phenoxy) is 1. The van der Waals surface area contributed by atoms with Gasteiger partial charge in [0.2, 0.25) is 0 Å². The van der Waals surface area contributed by atoms with Gasteiger partial charge in [-0.3, -0.25) is 18.7 Å². The molecular weight excluding hydrogens is 480 g/mol. The van der Waals surface area contributed by atoms with E-state index in [0.29, 0.717) is 22.6 Å². The molecule has 2 rings (SSSR count). The standard InChI is InChI=1S/C18H22N4O9S2/c1-31-16-10-11(2-3-13(16)19)12-8-14(17(23)20-4-6-32(25,26)27)22-15(9-12)18(24)21-5-7-33(28,29)30/h2-3,8-10H,4-7,19H2,1H3,(H,20,23)(H,21,24)(H,25,26,27)(H,28,29,30). The lowest BCUT2D eigenvalue weighted by Gasteiger charge is -2.12. The minimum Gasteiger partial charge on any atom is -0.495 e. The second-order valence-electron chi connectivity index (χ2n) is 6.67. The fourth-order valence-corrected chi connectivity index (χ4v) is 3.31. The summed E-state index contributed by atoms with van der Waals surface area (Å²) in [4.78, 5) is 28.9. The van der Waals surface area contributed by atoms with Crippen molar-refractivity contribution in [1.82, 2.24) is 15.6 Å². The number of carbonyl (C=O) groups is 2. The molecule has 180 valence electrons. The molecule has 0 spiro atoms. The Labute approximate surface area is 189 Å². The molecule has 0 fully saturated rings. The number of carbonyl (C=O) groups excluding carboxylic acids is 2. The third kappa shape index (κ3) is 8.30. The van der Waals surface area contributed by atoms with E-state index in [1.54, 1.807) is 18.2 Å². The molecular formula is C18H22N4O9S2. The maximum atomic E-state index is 12.5. The number of nitrogens with zero attached hydrogens (tertiary/aromatic N) is 1. The number of amides is 2. The summed E-state index contributed by atoms with van der Waals surface area (Å²) in [5.41, 5.74) is 6.51. The maximum absolute atomic E-state index is 12.5. The minimum atomic E-state index is -4.30. The van der Waals surface area contributed by atoms with Crippen LogP contribution in [0.15, 0.2) is 30.3 Å². The normalized spacial score (nSPS) is 11.6. The lowest BCUT2D eigenvalue weighted by molar-refractivity contribution is 0.0947. The quantitative estimate of drug-likeness (QED) is 0.207. The molecule has 0 aliphatic rings. The fourth-order valence-electron chi connectivity index (χ4n) is 2.59. The molecule has 0 unspecified atom stereocenters. The highest BCUT2D eigenvalue weighted by atomic mass is 32.2. The number of benzene rings is 1. The summed E-state index contributed by atoms with van der Waals surface area (Å²) in [6, 6.07) is 7.38. The van der Waals surface area contributed by atoms with E-state index in [0.717, 1.165) is 0 Å². The topological polar surface area (TPSA) is 215 Å². The van der Waals surface area contributed by atoms with Crippen molar-refractivity contribution in [1.29, 1.82) is 0 Å². The third-order valence-electron chi connectivity index (χ3n) is 4.15. The number of nitrogens with two attached hydrogens (primary N) is 1. The van der Waals surface area contributed by atoms with Gasteiger partial charge in [-0.25, -0.2) is 4.98 Å². The van der Waals surface area contributed by atoms with Crippen LogP contribution in [0.4, 0.5) is 5.69 Å². The Morgan fingerprint density at radius 1 is 0.909 bits per heavy atom. The summed E-state index contributed by atoms with van der Waals surface area (Å²) in [5, 5.41) is 4.53. The Morgan fingerprint density at radius 3 is 1.82 bits per heavy atom. The molecule has 0 saturated heterocycles. The summed E-state index contributed by atoms with van der Waals surface area (Å²) in [6.45, 7) is -0.815. The van der Waals surface area contributed by atoms with E-state index in [9.17, 15) is 26.4 Å². The largest absolute Gasteiger partial charge is 0.495 e. The highest BCUT2D eigenvalue weighted by molar-refractivity contribution is 7.86. The van der Waals surface area contributed by atoms with E-state index in [2.05, 4.69) is 15.6 Å². The van der Waals surface area contributed by atoms with E-state index in [1.165, 1.54) is 19.2 Å². The average Bonchev–Trinajstić information content (AvgIpc) is 2.71. The van der Waals surface area contributed by atoms with Gasteiger partial charge in [-0.1, -0.05) is 6.07 Å². The van der Waals surface area contributed by atoms with Crippen LogP contribution >= 0.6 is 0 Å². The molecule has 0 aliphatic heterocycles. The maximum Gasteiger partial charge on any atom is 0.269 e. The molecule has 2 aromatic rings. The van der Waals surface area contributed by atoms with E-state index < -0.39 is 56.6 Å². The Balaban J connectivity index is 2.40. The summed E-state index contributed by atoms with van der Waals surface area (Å²) in [7, 11) is -7.20. The number of methoxy groups -OCH3 is 1. The highest BCUT2D eigenvalue weighted by Crippen LogP contribution is 2.29. The summed E-state index contributed by atoms with van der Waals surface area (Å²) in [5.74, 6) is -2.76. The smallest absolute Gasteiger partial charge is 0.269 e. The highest BCUT2D eigenvalue weighted by Gasteiger charge is 2.17. The van der Waals surface area contributed by atoms with Crippen molar-refractivity contribution in [2.45, 2.75) is 0 Å². The molecule has 13 nitrogen and oxygen atoms in total. The van der Waals surface area contributed by atoms with Crippen LogP contribution in [0.2, 0.25) is 0 Å². The van der Waals surface area contributed by atoms with Gasteiger partial charge in [0.15, 0.2) is 0 Å². The monoisotopic (exact) mass is 502 g/mol. The molecule has 1 aromatic heterocycles. The summed E-state index contributed by atoms with van der Waals surface area (Å²) >= 11 is 0. The van der Waals surface area contributed by atoms with E-state index in [1.807, 2.05) is 0 Å². The Hall–Kier alpha value is -3.27. The van der Waals surface area contributed by atoms with Crippen molar-refractivity contribution < 1.29 is 40.3 Å². The molecule has 1 heterocycles. The minimum absolute atomic E-state index is 0.251. The number of anilines is 1. The van der Waals surface area contributed by atoms with Crippen molar-refractivity contribution in [3.05, 3.63) is 41.7 Å². The van der Waals surface area contributed by atoms with Crippen LogP contribution in [0.5, 0.6) is 5.75 Å². The molecule has 6 N–H and O–H groups in total. The number of aromatic nitrogens is 1. The molecule has 0 bridgehead atoms. The van der Waals surface area contributed by atoms with Crippen LogP contribution in [-0.4, -0.2) is 74.4 Å². The van der Waals surface area contributed by atoms with Gasteiger partial charge in [-0.15, -0.1) is 0 Å². The van der Waals surface area contributed by atoms with Crippen molar-refractivity contribution >= 4 is 37.7 Å². The van der Waals surface area contributed by atoms with Crippen molar-refractivity contribution in [2.75, 3.05) is 37.4 Å². The van der Waals surface area contributed by atoms with Gasteiger partial charge in [0.1, 0.15) is 17.1 Å².